The molecule has 2 N–H and O–H groups in total. The quantitative estimate of drug-likeness (QED) is 0.350. The fourth-order valence-corrected chi connectivity index (χ4v) is 6.14. The number of aromatic nitrogens is 8. The molecule has 2 aliphatic rings. The summed E-state index contributed by atoms with van der Waals surface area (Å²) in [6.07, 6.45) is 6.45. The second kappa shape index (κ2) is 10.1. The van der Waals surface area contributed by atoms with E-state index in [2.05, 4.69) is 26.7 Å². The summed E-state index contributed by atoms with van der Waals surface area (Å²) in [4.78, 5) is 69.7. The highest BCUT2D eigenvalue weighted by atomic mass is 16.2. The topological polar surface area (TPSA) is 152 Å². The second-order valence-electron chi connectivity index (χ2n) is 11.2. The van der Waals surface area contributed by atoms with Crippen molar-refractivity contribution in [1.82, 2.24) is 38.2 Å². The van der Waals surface area contributed by atoms with Crippen molar-refractivity contribution in [3.63, 3.8) is 0 Å². The highest BCUT2D eigenvalue weighted by Gasteiger charge is 2.27. The van der Waals surface area contributed by atoms with E-state index in [0.29, 0.717) is 47.3 Å². The third-order valence-electron chi connectivity index (χ3n) is 8.24. The van der Waals surface area contributed by atoms with Crippen LogP contribution in [0.15, 0.2) is 19.2 Å². The van der Waals surface area contributed by atoms with Gasteiger partial charge in [-0.3, -0.25) is 28.7 Å². The summed E-state index contributed by atoms with van der Waals surface area (Å²) in [6.45, 7) is 6.26. The third kappa shape index (κ3) is 4.34. The van der Waals surface area contributed by atoms with Crippen LogP contribution in [0.1, 0.15) is 45.4 Å². The molecule has 14 nitrogen and oxygen atoms in total. The van der Waals surface area contributed by atoms with Gasteiger partial charge in [-0.25, -0.2) is 9.59 Å². The smallest absolute Gasteiger partial charge is 0.329 e. The third-order valence-corrected chi connectivity index (χ3v) is 8.24. The minimum absolute atomic E-state index is 0.0600. The van der Waals surface area contributed by atoms with Crippen LogP contribution in [-0.4, -0.2) is 64.4 Å². The van der Waals surface area contributed by atoms with Crippen LogP contribution in [0, 0.1) is 5.92 Å². The van der Waals surface area contributed by atoms with Gasteiger partial charge in [0.05, 0.1) is 0 Å². The SMILES string of the molecule is CC(Cn1c(N2CCCCC2)nc2c1c(=O)[nH]c(=O)n2C)Cn1c(N2CCCCC2)nc2c1c(=O)[nH]c(=O)n2C. The number of piperidine rings is 2. The molecule has 4 aromatic rings. The molecule has 0 aromatic carbocycles. The lowest BCUT2D eigenvalue weighted by Crippen LogP contribution is -2.34. The van der Waals surface area contributed by atoms with Crippen molar-refractivity contribution in [2.45, 2.75) is 58.5 Å². The van der Waals surface area contributed by atoms with E-state index < -0.39 is 22.5 Å². The lowest BCUT2D eigenvalue weighted by molar-refractivity contribution is 0.420. The van der Waals surface area contributed by atoms with Gasteiger partial charge in [-0.1, -0.05) is 6.92 Å². The van der Waals surface area contributed by atoms with Gasteiger partial charge in [0.2, 0.25) is 11.9 Å². The van der Waals surface area contributed by atoms with Crippen LogP contribution in [-0.2, 0) is 27.2 Å². The number of nitrogens with one attached hydrogen (secondary N) is 2. The van der Waals surface area contributed by atoms with Crippen molar-refractivity contribution in [1.29, 1.82) is 0 Å². The number of nitrogens with zero attached hydrogens (tertiary/aromatic N) is 8. The van der Waals surface area contributed by atoms with Crippen LogP contribution in [0.4, 0.5) is 11.9 Å². The first kappa shape index (κ1) is 26.1. The van der Waals surface area contributed by atoms with Gasteiger partial charge in [0.25, 0.3) is 11.1 Å². The van der Waals surface area contributed by atoms with E-state index in [9.17, 15) is 19.2 Å². The second-order valence-corrected chi connectivity index (χ2v) is 11.2. The van der Waals surface area contributed by atoms with Crippen molar-refractivity contribution in [3.05, 3.63) is 41.7 Å². The summed E-state index contributed by atoms with van der Waals surface area (Å²) in [5.74, 6) is 1.30. The molecule has 214 valence electrons. The molecule has 0 radical (unpaired) electrons. The first-order valence-corrected chi connectivity index (χ1v) is 14.1. The molecule has 2 aliphatic heterocycles. The standard InChI is InChI=1S/C26H36N10O4/c1-16(14-35-17-19(31(2)25(39)29-21(17)37)27-23(35)33-10-6-4-7-11-33)15-36-18-20(32(3)26(40)30-22(18)38)28-24(36)34-12-8-5-9-13-34/h16H,4-15H2,1-3H3,(H,29,37,39)(H,30,38,40). The zero-order chi connectivity index (χ0) is 28.1. The Bertz CT molecular complexity index is 1680. The fraction of sp³-hybridized carbons (Fsp3) is 0.615. The van der Waals surface area contributed by atoms with Crippen LogP contribution in [0.2, 0.25) is 0 Å². The molecule has 2 saturated heterocycles. The van der Waals surface area contributed by atoms with E-state index in [4.69, 9.17) is 9.97 Å². The van der Waals surface area contributed by atoms with Gasteiger partial charge < -0.3 is 18.9 Å². The summed E-state index contributed by atoms with van der Waals surface area (Å²) in [6, 6.07) is 0. The molecule has 0 bridgehead atoms. The molecule has 6 rings (SSSR count). The molecule has 0 atom stereocenters. The van der Waals surface area contributed by atoms with Crippen molar-refractivity contribution in [2.75, 3.05) is 36.0 Å². The molecule has 14 heteroatoms. The fourth-order valence-electron chi connectivity index (χ4n) is 6.14. The number of rotatable bonds is 6. The van der Waals surface area contributed by atoms with Crippen LogP contribution in [0.5, 0.6) is 0 Å². The van der Waals surface area contributed by atoms with Crippen molar-refractivity contribution < 1.29 is 0 Å². The van der Waals surface area contributed by atoms with Gasteiger partial charge in [0.1, 0.15) is 0 Å². The largest absolute Gasteiger partial charge is 0.342 e. The van der Waals surface area contributed by atoms with Crippen LogP contribution in [0.25, 0.3) is 22.3 Å². The molecule has 0 spiro atoms. The van der Waals surface area contributed by atoms with E-state index in [-0.39, 0.29) is 5.92 Å². The molecule has 0 amide bonds. The molecule has 0 saturated carbocycles. The summed E-state index contributed by atoms with van der Waals surface area (Å²) in [5, 5.41) is 0. The zero-order valence-corrected chi connectivity index (χ0v) is 23.3. The molecule has 0 aliphatic carbocycles. The summed E-state index contributed by atoms with van der Waals surface area (Å²) < 4.78 is 6.60. The maximum absolute atomic E-state index is 13.1. The lowest BCUT2D eigenvalue weighted by atomic mass is 10.1. The van der Waals surface area contributed by atoms with Crippen LogP contribution in [0.3, 0.4) is 0 Å². The average Bonchev–Trinajstić information content (AvgIpc) is 3.51. The van der Waals surface area contributed by atoms with E-state index in [0.717, 1.165) is 64.7 Å². The van der Waals surface area contributed by atoms with Crippen LogP contribution >= 0.6 is 0 Å². The van der Waals surface area contributed by atoms with Crippen LogP contribution < -0.4 is 32.3 Å². The van der Waals surface area contributed by atoms with Gasteiger partial charge in [0.15, 0.2) is 22.3 Å². The number of hydrogen-bond donors (Lipinski definition) is 2. The summed E-state index contributed by atoms with van der Waals surface area (Å²) in [5.41, 5.74) is -0.486. The minimum Gasteiger partial charge on any atom is -0.342 e. The molecule has 4 aromatic heterocycles. The Hall–Kier alpha value is -4.10. The number of anilines is 2. The Kier molecular flexibility index (Phi) is 6.62. The lowest BCUT2D eigenvalue weighted by Gasteiger charge is -2.30. The predicted molar refractivity (Wildman–Crippen MR) is 152 cm³/mol. The summed E-state index contributed by atoms with van der Waals surface area (Å²) >= 11 is 0. The van der Waals surface area contributed by atoms with Gasteiger partial charge >= 0.3 is 11.4 Å². The first-order chi connectivity index (χ1) is 19.2. The molecule has 6 heterocycles. The molecular formula is C26H36N10O4. The maximum atomic E-state index is 13.1. The van der Waals surface area contributed by atoms with Gasteiger partial charge in [-0.15, -0.1) is 0 Å². The summed E-state index contributed by atoms with van der Waals surface area (Å²) in [7, 11) is 3.22. The molecular weight excluding hydrogens is 516 g/mol. The van der Waals surface area contributed by atoms with Gasteiger partial charge in [-0.2, -0.15) is 9.97 Å². The van der Waals surface area contributed by atoms with Gasteiger partial charge in [-0.05, 0) is 44.4 Å². The Morgan fingerprint density at radius 2 is 1.02 bits per heavy atom. The molecule has 40 heavy (non-hydrogen) atoms. The molecule has 0 unspecified atom stereocenters. The Labute approximate surface area is 228 Å². The number of H-pyrrole nitrogens is 2. The van der Waals surface area contributed by atoms with Crippen molar-refractivity contribution >= 4 is 34.2 Å². The van der Waals surface area contributed by atoms with E-state index in [1.165, 1.54) is 9.13 Å². The maximum Gasteiger partial charge on any atom is 0.329 e. The number of aryl methyl sites for hydroxylation is 2. The van der Waals surface area contributed by atoms with E-state index in [1.54, 1.807) is 14.1 Å². The zero-order valence-electron chi connectivity index (χ0n) is 23.3. The first-order valence-electron chi connectivity index (χ1n) is 14.1. The van der Waals surface area contributed by atoms with E-state index >= 15 is 0 Å². The van der Waals surface area contributed by atoms with Gasteiger partial charge in [0, 0.05) is 53.4 Å². The number of fused-ring (bicyclic) bond motifs is 2. The Morgan fingerprint density at radius 3 is 1.40 bits per heavy atom. The number of imidazole rings is 2. The molecule has 2 fully saturated rings. The Morgan fingerprint density at radius 1 is 0.650 bits per heavy atom. The highest BCUT2D eigenvalue weighted by Crippen LogP contribution is 2.27. The monoisotopic (exact) mass is 552 g/mol. The Balaban J connectivity index is 1.44. The van der Waals surface area contributed by atoms with Crippen molar-refractivity contribution in [3.8, 4) is 0 Å². The van der Waals surface area contributed by atoms with Crippen molar-refractivity contribution in [2.24, 2.45) is 20.0 Å². The van der Waals surface area contributed by atoms with E-state index in [1.807, 2.05) is 9.13 Å². The minimum atomic E-state index is -0.499. The number of hydrogen-bond acceptors (Lipinski definition) is 8. The normalized spacial score (nSPS) is 16.6. The highest BCUT2D eigenvalue weighted by molar-refractivity contribution is 5.75. The predicted octanol–water partition coefficient (Wildman–Crippen LogP) is 0.477. The average molecular weight is 553 g/mol. The number of aromatic amines is 2.